The highest BCUT2D eigenvalue weighted by Gasteiger charge is 2.29. The molecule has 0 unspecified atom stereocenters. The first-order valence-corrected chi connectivity index (χ1v) is 5.45. The Hall–Kier alpha value is -2.11. The predicted octanol–water partition coefficient (Wildman–Crippen LogP) is 1.30. The summed E-state index contributed by atoms with van der Waals surface area (Å²) in [5.74, 6) is 0.879. The van der Waals surface area contributed by atoms with Gasteiger partial charge in [-0.1, -0.05) is 0 Å². The largest absolute Gasteiger partial charge is 0.410 e. The molecule has 2 aromatic heterocycles. The van der Waals surface area contributed by atoms with E-state index in [1.54, 1.807) is 10.7 Å². The summed E-state index contributed by atoms with van der Waals surface area (Å²) in [7, 11) is 1.86. The van der Waals surface area contributed by atoms with Gasteiger partial charge in [-0.3, -0.25) is 4.68 Å². The number of nitrogens with zero attached hydrogens (tertiary/aromatic N) is 3. The van der Waals surface area contributed by atoms with Crippen molar-refractivity contribution in [2.45, 2.75) is 18.8 Å². The Kier molecular flexibility index (Phi) is 2.04. The number of rotatable bonds is 2. The SMILES string of the molecule is Cn1nc(C2CC2)c2cc(OC(N)=O)cnc21. The van der Waals surface area contributed by atoms with Crippen molar-refractivity contribution in [3.8, 4) is 5.75 Å². The third-order valence-electron chi connectivity index (χ3n) is 2.86. The van der Waals surface area contributed by atoms with Gasteiger partial charge in [-0.05, 0) is 18.9 Å². The van der Waals surface area contributed by atoms with Gasteiger partial charge < -0.3 is 10.5 Å². The van der Waals surface area contributed by atoms with Gasteiger partial charge in [0.15, 0.2) is 11.4 Å². The van der Waals surface area contributed by atoms with Crippen molar-refractivity contribution in [1.82, 2.24) is 14.8 Å². The highest BCUT2D eigenvalue weighted by atomic mass is 16.5. The van der Waals surface area contributed by atoms with Crippen LogP contribution in [0.1, 0.15) is 24.5 Å². The zero-order valence-electron chi connectivity index (χ0n) is 9.38. The zero-order chi connectivity index (χ0) is 12.0. The van der Waals surface area contributed by atoms with Crippen LogP contribution in [-0.4, -0.2) is 20.9 Å². The minimum atomic E-state index is -0.831. The molecule has 1 saturated carbocycles. The highest BCUT2D eigenvalue weighted by molar-refractivity contribution is 5.81. The molecule has 0 spiro atoms. The van der Waals surface area contributed by atoms with Crippen LogP contribution >= 0.6 is 0 Å². The summed E-state index contributed by atoms with van der Waals surface area (Å²) < 4.78 is 6.57. The molecule has 2 heterocycles. The fourth-order valence-corrected chi connectivity index (χ4v) is 1.98. The monoisotopic (exact) mass is 232 g/mol. The van der Waals surface area contributed by atoms with E-state index < -0.39 is 6.09 Å². The van der Waals surface area contributed by atoms with Crippen molar-refractivity contribution in [2.75, 3.05) is 0 Å². The molecule has 1 aliphatic carbocycles. The molecule has 2 aromatic rings. The van der Waals surface area contributed by atoms with Crippen LogP contribution in [0.2, 0.25) is 0 Å². The van der Waals surface area contributed by atoms with E-state index in [-0.39, 0.29) is 0 Å². The summed E-state index contributed by atoms with van der Waals surface area (Å²) in [6, 6.07) is 1.77. The molecule has 0 atom stereocenters. The van der Waals surface area contributed by atoms with E-state index in [1.165, 1.54) is 6.20 Å². The average molecular weight is 232 g/mol. The highest BCUT2D eigenvalue weighted by Crippen LogP contribution is 2.42. The first-order valence-electron chi connectivity index (χ1n) is 5.45. The van der Waals surface area contributed by atoms with Gasteiger partial charge in [0.05, 0.1) is 11.9 Å². The van der Waals surface area contributed by atoms with Crippen molar-refractivity contribution < 1.29 is 9.53 Å². The van der Waals surface area contributed by atoms with E-state index in [1.807, 2.05) is 7.05 Å². The van der Waals surface area contributed by atoms with Crippen molar-refractivity contribution in [3.63, 3.8) is 0 Å². The van der Waals surface area contributed by atoms with Gasteiger partial charge in [0.2, 0.25) is 0 Å². The number of fused-ring (bicyclic) bond motifs is 1. The Morgan fingerprint density at radius 2 is 2.35 bits per heavy atom. The molecule has 3 rings (SSSR count). The summed E-state index contributed by atoms with van der Waals surface area (Å²) in [4.78, 5) is 14.9. The lowest BCUT2D eigenvalue weighted by Gasteiger charge is -2.00. The Morgan fingerprint density at radius 3 is 3.00 bits per heavy atom. The van der Waals surface area contributed by atoms with Crippen molar-refractivity contribution in [2.24, 2.45) is 12.8 Å². The Bertz CT molecular complexity index is 601. The Morgan fingerprint density at radius 1 is 1.59 bits per heavy atom. The van der Waals surface area contributed by atoms with E-state index in [2.05, 4.69) is 10.1 Å². The number of carbonyl (C=O) groups excluding carboxylic acids is 1. The predicted molar refractivity (Wildman–Crippen MR) is 60.7 cm³/mol. The number of aromatic nitrogens is 3. The third kappa shape index (κ3) is 1.71. The van der Waals surface area contributed by atoms with Crippen LogP contribution in [0.15, 0.2) is 12.3 Å². The lowest BCUT2D eigenvalue weighted by Crippen LogP contribution is -2.16. The van der Waals surface area contributed by atoms with Crippen LogP contribution in [0.25, 0.3) is 11.0 Å². The number of ether oxygens (including phenoxy) is 1. The molecule has 17 heavy (non-hydrogen) atoms. The lowest BCUT2D eigenvalue weighted by atomic mass is 10.2. The number of carbonyl (C=O) groups is 1. The van der Waals surface area contributed by atoms with Crippen LogP contribution < -0.4 is 10.5 Å². The third-order valence-corrected chi connectivity index (χ3v) is 2.86. The topological polar surface area (TPSA) is 83.0 Å². The van der Waals surface area contributed by atoms with Crippen molar-refractivity contribution >= 4 is 17.1 Å². The fraction of sp³-hybridized carbons (Fsp3) is 0.364. The Labute approximate surface area is 97.4 Å². The van der Waals surface area contributed by atoms with Gasteiger partial charge in [-0.25, -0.2) is 9.78 Å². The van der Waals surface area contributed by atoms with Gasteiger partial charge in [-0.15, -0.1) is 0 Å². The summed E-state index contributed by atoms with van der Waals surface area (Å²) >= 11 is 0. The summed E-state index contributed by atoms with van der Waals surface area (Å²) in [6.07, 6.45) is 2.97. The van der Waals surface area contributed by atoms with E-state index in [4.69, 9.17) is 10.5 Å². The maximum atomic E-state index is 10.7. The molecule has 1 fully saturated rings. The summed E-state index contributed by atoms with van der Waals surface area (Å²) in [6.45, 7) is 0. The van der Waals surface area contributed by atoms with Gasteiger partial charge in [0.1, 0.15) is 0 Å². The minimum absolute atomic E-state index is 0.361. The zero-order valence-corrected chi connectivity index (χ0v) is 9.38. The number of hydrogen-bond acceptors (Lipinski definition) is 4. The number of aryl methyl sites for hydroxylation is 1. The molecule has 2 N–H and O–H groups in total. The van der Waals surface area contributed by atoms with Crippen molar-refractivity contribution in [1.29, 1.82) is 0 Å². The van der Waals surface area contributed by atoms with Gasteiger partial charge in [0, 0.05) is 18.4 Å². The lowest BCUT2D eigenvalue weighted by molar-refractivity contribution is 0.211. The van der Waals surface area contributed by atoms with E-state index in [9.17, 15) is 4.79 Å². The normalized spacial score (nSPS) is 15.1. The molecule has 0 aromatic carbocycles. The van der Waals surface area contributed by atoms with Gasteiger partial charge in [-0.2, -0.15) is 5.10 Å². The second-order valence-electron chi connectivity index (χ2n) is 4.25. The number of primary amides is 1. The standard InChI is InChI=1S/C11H12N4O2/c1-15-10-8(9(14-15)6-2-3-6)4-7(5-13-10)17-11(12)16/h4-6H,2-3H2,1H3,(H2,12,16). The molecule has 6 nitrogen and oxygen atoms in total. The number of amides is 1. The molecule has 1 amide bonds. The van der Waals surface area contributed by atoms with E-state index in [0.29, 0.717) is 11.7 Å². The smallest absolute Gasteiger partial charge is 0.409 e. The van der Waals surface area contributed by atoms with Crippen LogP contribution in [0.3, 0.4) is 0 Å². The maximum Gasteiger partial charge on any atom is 0.410 e. The quantitative estimate of drug-likeness (QED) is 0.846. The van der Waals surface area contributed by atoms with Crippen LogP contribution in [0.4, 0.5) is 4.79 Å². The number of hydrogen-bond donors (Lipinski definition) is 1. The number of pyridine rings is 1. The maximum absolute atomic E-state index is 10.7. The second-order valence-corrected chi connectivity index (χ2v) is 4.25. The molecule has 0 radical (unpaired) electrons. The molecule has 0 bridgehead atoms. The Balaban J connectivity index is 2.12. The van der Waals surface area contributed by atoms with Crippen LogP contribution in [-0.2, 0) is 7.05 Å². The minimum Gasteiger partial charge on any atom is -0.409 e. The first kappa shape index (κ1) is 10.1. The van der Waals surface area contributed by atoms with E-state index >= 15 is 0 Å². The molecule has 0 saturated heterocycles. The average Bonchev–Trinajstić information content (AvgIpc) is 3.04. The molecule has 88 valence electrons. The molecular weight excluding hydrogens is 220 g/mol. The number of nitrogens with two attached hydrogens (primary N) is 1. The summed E-state index contributed by atoms with van der Waals surface area (Å²) in [5.41, 5.74) is 6.80. The van der Waals surface area contributed by atoms with Gasteiger partial charge in [0.25, 0.3) is 0 Å². The van der Waals surface area contributed by atoms with Gasteiger partial charge >= 0.3 is 6.09 Å². The molecule has 1 aliphatic rings. The molecule has 6 heteroatoms. The first-order chi connectivity index (χ1) is 8.15. The molecule has 0 aliphatic heterocycles. The summed E-state index contributed by atoms with van der Waals surface area (Å²) in [5, 5.41) is 5.39. The molecular formula is C11H12N4O2. The van der Waals surface area contributed by atoms with Crippen LogP contribution in [0.5, 0.6) is 5.75 Å². The van der Waals surface area contributed by atoms with E-state index in [0.717, 1.165) is 29.6 Å². The fourth-order valence-electron chi connectivity index (χ4n) is 1.98. The second kappa shape index (κ2) is 3.44. The van der Waals surface area contributed by atoms with Crippen molar-refractivity contribution in [3.05, 3.63) is 18.0 Å². The van der Waals surface area contributed by atoms with Crippen LogP contribution in [0, 0.1) is 0 Å².